The van der Waals surface area contributed by atoms with Gasteiger partial charge in [-0.15, -0.1) is 11.3 Å². The zero-order valence-electron chi connectivity index (χ0n) is 20.2. The second kappa shape index (κ2) is 7.22. The van der Waals surface area contributed by atoms with Gasteiger partial charge in [0.05, 0.1) is 10.2 Å². The first kappa shape index (κ1) is 20.1. The van der Waals surface area contributed by atoms with E-state index >= 15 is 0 Å². The third kappa shape index (κ3) is 2.66. The second-order valence-electron chi connectivity index (χ2n) is 9.95. The van der Waals surface area contributed by atoms with E-state index in [1.807, 2.05) is 11.3 Å². The average Bonchev–Trinajstić information content (AvgIpc) is 3.52. The third-order valence-electron chi connectivity index (χ3n) is 7.95. The van der Waals surface area contributed by atoms with Gasteiger partial charge in [0.25, 0.3) is 0 Å². The Kier molecular flexibility index (Phi) is 4.04. The maximum Gasteiger partial charge on any atom is 0.0670 e. The molecule has 36 heavy (non-hydrogen) atoms. The lowest BCUT2D eigenvalue weighted by atomic mass is 10.0. The van der Waals surface area contributed by atoms with Crippen molar-refractivity contribution < 1.29 is 0 Å². The Bertz CT molecular complexity index is 2150. The van der Waals surface area contributed by atoms with E-state index in [9.17, 15) is 0 Å². The molecule has 3 heterocycles. The molecule has 0 spiro atoms. The fourth-order valence-electron chi connectivity index (χ4n) is 6.21. The van der Waals surface area contributed by atoms with Crippen molar-refractivity contribution in [2.24, 2.45) is 14.1 Å². The highest BCUT2D eigenvalue weighted by atomic mass is 32.1. The standard InChI is InChI=1S/C33H24N2S/c1-34-28-9-5-3-7-22(28)26-18-20(11-15-29(26)34)17-21-12-16-30-27(19-21)24-13-14-25-23-8-4-6-10-31(23)36-33(25)32(24)35(30)2/h3-16,18-19H,17H2,1-2H3. The van der Waals surface area contributed by atoms with Gasteiger partial charge in [0, 0.05) is 67.7 Å². The molecule has 8 aromatic rings. The first-order valence-corrected chi connectivity index (χ1v) is 13.3. The highest BCUT2D eigenvalue weighted by molar-refractivity contribution is 7.26. The van der Waals surface area contributed by atoms with Crippen molar-refractivity contribution in [1.82, 2.24) is 9.13 Å². The Morgan fingerprint density at radius 1 is 0.528 bits per heavy atom. The largest absolute Gasteiger partial charge is 0.344 e. The fraction of sp³-hybridized carbons (Fsp3) is 0.0909. The summed E-state index contributed by atoms with van der Waals surface area (Å²) in [6, 6.07) is 36.1. The molecular weight excluding hydrogens is 456 g/mol. The van der Waals surface area contributed by atoms with Crippen LogP contribution in [0.15, 0.2) is 97.1 Å². The van der Waals surface area contributed by atoms with Crippen LogP contribution in [0.25, 0.3) is 63.8 Å². The molecule has 0 bridgehead atoms. The van der Waals surface area contributed by atoms with Gasteiger partial charge < -0.3 is 9.13 Å². The van der Waals surface area contributed by atoms with Crippen LogP contribution in [0, 0.1) is 0 Å². The quantitative estimate of drug-likeness (QED) is 0.234. The van der Waals surface area contributed by atoms with Crippen molar-refractivity contribution in [2.75, 3.05) is 0 Å². The number of nitrogens with zero attached hydrogens (tertiary/aromatic N) is 2. The van der Waals surface area contributed by atoms with Crippen molar-refractivity contribution in [3.63, 3.8) is 0 Å². The molecule has 2 nitrogen and oxygen atoms in total. The maximum absolute atomic E-state index is 2.41. The fourth-order valence-corrected chi connectivity index (χ4v) is 7.49. The van der Waals surface area contributed by atoms with Crippen LogP contribution in [-0.4, -0.2) is 9.13 Å². The average molecular weight is 481 g/mol. The van der Waals surface area contributed by atoms with Crippen LogP contribution >= 0.6 is 11.3 Å². The van der Waals surface area contributed by atoms with Crippen LogP contribution in [0.2, 0.25) is 0 Å². The highest BCUT2D eigenvalue weighted by Crippen LogP contribution is 2.41. The summed E-state index contributed by atoms with van der Waals surface area (Å²) in [5.41, 5.74) is 7.92. The summed E-state index contributed by atoms with van der Waals surface area (Å²) in [5, 5.41) is 8.07. The summed E-state index contributed by atoms with van der Waals surface area (Å²) in [6.45, 7) is 0. The molecule has 5 aromatic carbocycles. The monoisotopic (exact) mass is 480 g/mol. The molecule has 0 fully saturated rings. The highest BCUT2D eigenvalue weighted by Gasteiger charge is 2.15. The maximum atomic E-state index is 2.41. The van der Waals surface area contributed by atoms with E-state index in [1.54, 1.807) is 0 Å². The number of para-hydroxylation sites is 1. The van der Waals surface area contributed by atoms with Crippen molar-refractivity contribution in [1.29, 1.82) is 0 Å². The molecule has 0 aliphatic carbocycles. The normalized spacial score (nSPS) is 12.3. The van der Waals surface area contributed by atoms with Gasteiger partial charge in [0.1, 0.15) is 0 Å². The summed E-state index contributed by atoms with van der Waals surface area (Å²) in [4.78, 5) is 0. The molecule has 0 aliphatic heterocycles. The van der Waals surface area contributed by atoms with Crippen LogP contribution in [-0.2, 0) is 20.5 Å². The van der Waals surface area contributed by atoms with Gasteiger partial charge in [0.2, 0.25) is 0 Å². The third-order valence-corrected chi connectivity index (χ3v) is 9.15. The predicted octanol–water partition coefficient (Wildman–Crippen LogP) is 8.94. The molecule has 0 N–H and O–H groups in total. The molecule has 3 aromatic heterocycles. The Morgan fingerprint density at radius 3 is 1.94 bits per heavy atom. The number of aryl methyl sites for hydroxylation is 2. The molecule has 0 amide bonds. The van der Waals surface area contributed by atoms with Crippen molar-refractivity contribution in [3.8, 4) is 0 Å². The molecular formula is C33H24N2S. The molecule has 0 radical (unpaired) electrons. The van der Waals surface area contributed by atoms with Crippen LogP contribution < -0.4 is 0 Å². The van der Waals surface area contributed by atoms with Gasteiger partial charge in [-0.2, -0.15) is 0 Å². The van der Waals surface area contributed by atoms with E-state index in [-0.39, 0.29) is 0 Å². The zero-order valence-corrected chi connectivity index (χ0v) is 21.1. The van der Waals surface area contributed by atoms with E-state index in [0.717, 1.165) is 6.42 Å². The molecule has 0 saturated heterocycles. The number of fused-ring (bicyclic) bond motifs is 10. The molecule has 3 heteroatoms. The van der Waals surface area contributed by atoms with Gasteiger partial charge in [-0.25, -0.2) is 0 Å². The smallest absolute Gasteiger partial charge is 0.0670 e. The van der Waals surface area contributed by atoms with Gasteiger partial charge in [-0.05, 0) is 53.9 Å². The van der Waals surface area contributed by atoms with E-state index in [4.69, 9.17) is 0 Å². The first-order chi connectivity index (χ1) is 17.7. The summed E-state index contributed by atoms with van der Waals surface area (Å²) >= 11 is 1.91. The van der Waals surface area contributed by atoms with Gasteiger partial charge in [-0.1, -0.05) is 60.7 Å². The van der Waals surface area contributed by atoms with Crippen LogP contribution in [0.5, 0.6) is 0 Å². The number of rotatable bonds is 2. The minimum atomic E-state index is 0.927. The van der Waals surface area contributed by atoms with E-state index in [2.05, 4.69) is 120 Å². The molecule has 172 valence electrons. The second-order valence-corrected chi connectivity index (χ2v) is 11.0. The number of thiophene rings is 1. The topological polar surface area (TPSA) is 9.86 Å². The van der Waals surface area contributed by atoms with Crippen molar-refractivity contribution >= 4 is 75.1 Å². The molecule has 8 rings (SSSR count). The summed E-state index contributed by atoms with van der Waals surface area (Å²) in [7, 11) is 4.37. The van der Waals surface area contributed by atoms with Gasteiger partial charge >= 0.3 is 0 Å². The van der Waals surface area contributed by atoms with Gasteiger partial charge in [0.15, 0.2) is 0 Å². The molecule has 0 atom stereocenters. The zero-order chi connectivity index (χ0) is 24.0. The van der Waals surface area contributed by atoms with Crippen LogP contribution in [0.4, 0.5) is 0 Å². The van der Waals surface area contributed by atoms with Gasteiger partial charge in [-0.3, -0.25) is 0 Å². The van der Waals surface area contributed by atoms with Crippen molar-refractivity contribution in [3.05, 3.63) is 108 Å². The predicted molar refractivity (Wildman–Crippen MR) is 157 cm³/mol. The lowest BCUT2D eigenvalue weighted by Crippen LogP contribution is -1.91. The van der Waals surface area contributed by atoms with E-state index in [1.165, 1.54) is 74.9 Å². The number of hydrogen-bond acceptors (Lipinski definition) is 1. The Morgan fingerprint density at radius 2 is 1.14 bits per heavy atom. The van der Waals surface area contributed by atoms with E-state index < -0.39 is 0 Å². The molecule has 0 unspecified atom stereocenters. The van der Waals surface area contributed by atoms with Crippen LogP contribution in [0.1, 0.15) is 11.1 Å². The first-order valence-electron chi connectivity index (χ1n) is 12.4. The number of benzene rings is 5. The van der Waals surface area contributed by atoms with E-state index in [0.29, 0.717) is 0 Å². The van der Waals surface area contributed by atoms with Crippen molar-refractivity contribution in [2.45, 2.75) is 6.42 Å². The Labute approximate surface area is 212 Å². The minimum Gasteiger partial charge on any atom is -0.344 e. The number of hydrogen-bond donors (Lipinski definition) is 0. The molecule has 0 aliphatic rings. The van der Waals surface area contributed by atoms with Crippen LogP contribution in [0.3, 0.4) is 0 Å². The Balaban J connectivity index is 1.29. The lowest BCUT2D eigenvalue weighted by Gasteiger charge is -2.05. The summed E-state index contributed by atoms with van der Waals surface area (Å²) in [6.07, 6.45) is 0.927. The Hall–Kier alpha value is -4.08. The minimum absolute atomic E-state index is 0.927. The SMILES string of the molecule is Cn1c2ccccc2c2cc(Cc3ccc4c(c3)c3ccc5c6ccccc6sc5c3n4C)ccc21. The summed E-state index contributed by atoms with van der Waals surface area (Å²) in [5.74, 6) is 0. The summed E-state index contributed by atoms with van der Waals surface area (Å²) < 4.78 is 7.42. The lowest BCUT2D eigenvalue weighted by molar-refractivity contribution is 1.01. The number of aromatic nitrogens is 2. The molecule has 0 saturated carbocycles.